The van der Waals surface area contributed by atoms with Gasteiger partial charge in [0.05, 0.1) is 18.3 Å². The van der Waals surface area contributed by atoms with Crippen LogP contribution < -0.4 is 4.74 Å². The van der Waals surface area contributed by atoms with E-state index < -0.39 is 0 Å². The molecule has 6 aromatic rings. The van der Waals surface area contributed by atoms with E-state index in [1.54, 1.807) is 7.11 Å². The van der Waals surface area contributed by atoms with Gasteiger partial charge in [0.15, 0.2) is 0 Å². The van der Waals surface area contributed by atoms with Crippen LogP contribution in [-0.2, 0) is 0 Å². The van der Waals surface area contributed by atoms with Crippen LogP contribution in [0.25, 0.3) is 54.8 Å². The van der Waals surface area contributed by atoms with Gasteiger partial charge in [0.2, 0.25) is 0 Å². The quantitative estimate of drug-likeness (QED) is 0.276. The predicted molar refractivity (Wildman–Crippen MR) is 134 cm³/mol. The monoisotopic (exact) mass is 411 g/mol. The second-order valence-corrected chi connectivity index (χ2v) is 8.00. The average Bonchev–Trinajstić information content (AvgIpc) is 2.86. The summed E-state index contributed by atoms with van der Waals surface area (Å²) in [6.45, 7) is 0. The molecular formula is C30H21NO. The SMILES string of the molecule is COc1ccc2nc(-c3c4ccccc4cc4ccccc34)cc(-c3ccccc3)c2c1. The van der Waals surface area contributed by atoms with E-state index in [0.717, 1.165) is 27.9 Å². The zero-order valence-electron chi connectivity index (χ0n) is 17.7. The first-order valence-electron chi connectivity index (χ1n) is 10.8. The summed E-state index contributed by atoms with van der Waals surface area (Å²) in [5.74, 6) is 0.833. The molecule has 0 bridgehead atoms. The highest BCUT2D eigenvalue weighted by atomic mass is 16.5. The molecule has 0 saturated carbocycles. The third-order valence-corrected chi connectivity index (χ3v) is 6.13. The Morgan fingerprint density at radius 1 is 0.594 bits per heavy atom. The lowest BCUT2D eigenvalue weighted by Crippen LogP contribution is -1.93. The summed E-state index contributed by atoms with van der Waals surface area (Å²) in [4.78, 5) is 5.15. The molecule has 0 spiro atoms. The number of rotatable bonds is 3. The Morgan fingerprint density at radius 2 is 1.25 bits per heavy atom. The van der Waals surface area contributed by atoms with Crippen LogP contribution in [-0.4, -0.2) is 12.1 Å². The zero-order valence-corrected chi connectivity index (χ0v) is 17.7. The second kappa shape index (κ2) is 7.51. The van der Waals surface area contributed by atoms with Crippen molar-refractivity contribution in [3.8, 4) is 28.1 Å². The van der Waals surface area contributed by atoms with E-state index in [0.29, 0.717) is 0 Å². The van der Waals surface area contributed by atoms with E-state index in [4.69, 9.17) is 9.72 Å². The van der Waals surface area contributed by atoms with Crippen LogP contribution in [0, 0.1) is 0 Å². The van der Waals surface area contributed by atoms with Crippen molar-refractivity contribution < 1.29 is 4.74 Å². The molecule has 0 saturated heterocycles. The number of aromatic nitrogens is 1. The minimum absolute atomic E-state index is 0.833. The predicted octanol–water partition coefficient (Wildman–Crippen LogP) is 7.88. The van der Waals surface area contributed by atoms with Gasteiger partial charge >= 0.3 is 0 Å². The molecule has 0 aliphatic heterocycles. The van der Waals surface area contributed by atoms with Gasteiger partial charge in [-0.25, -0.2) is 4.98 Å². The van der Waals surface area contributed by atoms with Crippen LogP contribution in [0.3, 0.4) is 0 Å². The number of fused-ring (bicyclic) bond motifs is 3. The number of hydrogen-bond donors (Lipinski definition) is 0. The van der Waals surface area contributed by atoms with Crippen LogP contribution in [0.5, 0.6) is 5.75 Å². The number of nitrogens with zero attached hydrogens (tertiary/aromatic N) is 1. The van der Waals surface area contributed by atoms with E-state index in [1.165, 1.54) is 32.7 Å². The summed E-state index contributed by atoms with van der Waals surface area (Å²) >= 11 is 0. The van der Waals surface area contributed by atoms with Crippen molar-refractivity contribution in [2.24, 2.45) is 0 Å². The lowest BCUT2D eigenvalue weighted by Gasteiger charge is -2.15. The summed E-state index contributed by atoms with van der Waals surface area (Å²) in [5, 5.41) is 5.96. The van der Waals surface area contributed by atoms with Gasteiger partial charge < -0.3 is 4.74 Å². The molecule has 0 fully saturated rings. The maximum absolute atomic E-state index is 5.52. The van der Waals surface area contributed by atoms with Crippen LogP contribution in [0.15, 0.2) is 109 Å². The maximum atomic E-state index is 5.52. The Hall–Kier alpha value is -4.17. The highest BCUT2D eigenvalue weighted by molar-refractivity contribution is 6.13. The summed E-state index contributed by atoms with van der Waals surface area (Å²) < 4.78 is 5.52. The fraction of sp³-hybridized carbons (Fsp3) is 0.0333. The zero-order chi connectivity index (χ0) is 21.5. The molecular weight excluding hydrogens is 390 g/mol. The van der Waals surface area contributed by atoms with Crippen molar-refractivity contribution in [2.75, 3.05) is 7.11 Å². The van der Waals surface area contributed by atoms with Gasteiger partial charge in [-0.1, -0.05) is 78.9 Å². The van der Waals surface area contributed by atoms with Gasteiger partial charge in [0.25, 0.3) is 0 Å². The molecule has 0 aliphatic carbocycles. The topological polar surface area (TPSA) is 22.1 Å². The fourth-order valence-corrected chi connectivity index (χ4v) is 4.61. The smallest absolute Gasteiger partial charge is 0.119 e. The Bertz CT molecular complexity index is 1550. The van der Waals surface area contributed by atoms with Crippen LogP contribution in [0.1, 0.15) is 0 Å². The Balaban J connectivity index is 1.75. The first-order valence-corrected chi connectivity index (χ1v) is 10.8. The van der Waals surface area contributed by atoms with Crippen molar-refractivity contribution in [3.05, 3.63) is 109 Å². The van der Waals surface area contributed by atoms with E-state index in [-0.39, 0.29) is 0 Å². The van der Waals surface area contributed by atoms with Gasteiger partial charge in [-0.15, -0.1) is 0 Å². The first-order chi connectivity index (χ1) is 15.8. The molecule has 2 heteroatoms. The molecule has 5 aromatic carbocycles. The van der Waals surface area contributed by atoms with Crippen LogP contribution >= 0.6 is 0 Å². The molecule has 0 aliphatic rings. The molecule has 0 radical (unpaired) electrons. The molecule has 0 atom stereocenters. The van der Waals surface area contributed by atoms with Crippen molar-refractivity contribution in [1.29, 1.82) is 0 Å². The minimum Gasteiger partial charge on any atom is -0.497 e. The standard InChI is InChI=1S/C30H21NO/c1-32-23-15-16-28-27(18-23)26(20-9-3-2-4-10-20)19-29(31-28)30-24-13-7-5-11-21(24)17-22-12-6-8-14-25(22)30/h2-19H,1H3. The van der Waals surface area contributed by atoms with Crippen LogP contribution in [0.4, 0.5) is 0 Å². The fourth-order valence-electron chi connectivity index (χ4n) is 4.61. The van der Waals surface area contributed by atoms with E-state index in [9.17, 15) is 0 Å². The largest absolute Gasteiger partial charge is 0.497 e. The Labute approximate surface area is 186 Å². The third-order valence-electron chi connectivity index (χ3n) is 6.13. The Kier molecular flexibility index (Phi) is 4.36. The van der Waals surface area contributed by atoms with Crippen LogP contribution in [0.2, 0.25) is 0 Å². The lowest BCUT2D eigenvalue weighted by atomic mass is 9.92. The first kappa shape index (κ1) is 18.6. The molecule has 0 N–H and O–H groups in total. The molecule has 0 amide bonds. The van der Waals surface area contributed by atoms with E-state index >= 15 is 0 Å². The van der Waals surface area contributed by atoms with E-state index in [2.05, 4.69) is 97.1 Å². The average molecular weight is 412 g/mol. The van der Waals surface area contributed by atoms with Crippen molar-refractivity contribution in [1.82, 2.24) is 4.98 Å². The number of pyridine rings is 1. The van der Waals surface area contributed by atoms with E-state index in [1.807, 2.05) is 12.1 Å². The highest BCUT2D eigenvalue weighted by Gasteiger charge is 2.15. The summed E-state index contributed by atoms with van der Waals surface area (Å²) in [5.41, 5.74) is 5.43. The number of benzene rings is 5. The summed E-state index contributed by atoms with van der Waals surface area (Å²) in [6, 6.07) is 38.2. The minimum atomic E-state index is 0.833. The molecule has 1 heterocycles. The summed E-state index contributed by atoms with van der Waals surface area (Å²) in [7, 11) is 1.70. The number of ether oxygens (including phenoxy) is 1. The molecule has 1 aromatic heterocycles. The van der Waals surface area contributed by atoms with Crippen molar-refractivity contribution >= 4 is 32.4 Å². The molecule has 152 valence electrons. The summed E-state index contributed by atoms with van der Waals surface area (Å²) in [6.07, 6.45) is 0. The van der Waals surface area contributed by atoms with Gasteiger partial charge in [0, 0.05) is 10.9 Å². The van der Waals surface area contributed by atoms with Gasteiger partial charge in [-0.3, -0.25) is 0 Å². The number of methoxy groups -OCH3 is 1. The molecule has 2 nitrogen and oxygen atoms in total. The van der Waals surface area contributed by atoms with Crippen molar-refractivity contribution in [3.63, 3.8) is 0 Å². The van der Waals surface area contributed by atoms with Gasteiger partial charge in [-0.2, -0.15) is 0 Å². The van der Waals surface area contributed by atoms with Crippen molar-refractivity contribution in [2.45, 2.75) is 0 Å². The normalized spacial score (nSPS) is 11.3. The van der Waals surface area contributed by atoms with Gasteiger partial charge in [-0.05, 0) is 63.0 Å². The molecule has 0 unspecified atom stereocenters. The highest BCUT2D eigenvalue weighted by Crippen LogP contribution is 2.39. The second-order valence-electron chi connectivity index (χ2n) is 8.00. The molecule has 6 rings (SSSR count). The van der Waals surface area contributed by atoms with Gasteiger partial charge in [0.1, 0.15) is 5.75 Å². The Morgan fingerprint density at radius 3 is 1.94 bits per heavy atom. The lowest BCUT2D eigenvalue weighted by molar-refractivity contribution is 0.415. The third kappa shape index (κ3) is 3.00. The molecule has 32 heavy (non-hydrogen) atoms. The number of hydrogen-bond acceptors (Lipinski definition) is 2. The maximum Gasteiger partial charge on any atom is 0.119 e.